The van der Waals surface area contributed by atoms with Crippen molar-refractivity contribution in [2.45, 2.75) is 78.6 Å². The fourth-order valence-electron chi connectivity index (χ4n) is 5.38. The van der Waals surface area contributed by atoms with Gasteiger partial charge in [-0.25, -0.2) is 4.79 Å². The van der Waals surface area contributed by atoms with Gasteiger partial charge in [0.15, 0.2) is 12.1 Å². The summed E-state index contributed by atoms with van der Waals surface area (Å²) in [5.41, 5.74) is 0.693. The predicted octanol–water partition coefficient (Wildman–Crippen LogP) is 4.86. The Balaban J connectivity index is 2.33. The van der Waals surface area contributed by atoms with Crippen LogP contribution < -0.4 is 0 Å². The monoisotopic (exact) mass is 476 g/mol. The van der Waals surface area contributed by atoms with Gasteiger partial charge in [0.1, 0.15) is 6.10 Å². The molecule has 0 spiro atoms. The molecule has 5 atom stereocenters. The fraction of sp³-hybridized carbons (Fsp3) is 0.667. The molecule has 1 unspecified atom stereocenters. The minimum absolute atomic E-state index is 0.205. The lowest BCUT2D eigenvalue weighted by molar-refractivity contribution is -0.153. The molecule has 0 radical (unpaired) electrons. The van der Waals surface area contributed by atoms with Crippen LogP contribution in [-0.4, -0.2) is 49.4 Å². The van der Waals surface area contributed by atoms with Crippen molar-refractivity contribution in [3.05, 3.63) is 35.5 Å². The number of carbonyl (C=O) groups excluding carboxylic acids is 2. The zero-order valence-corrected chi connectivity index (χ0v) is 21.4. The van der Waals surface area contributed by atoms with Crippen LogP contribution in [0, 0.1) is 23.2 Å². The average molecular weight is 477 g/mol. The third-order valence-corrected chi connectivity index (χ3v) is 7.36. The molecule has 2 aliphatic rings. The molecule has 0 amide bonds. The van der Waals surface area contributed by atoms with Gasteiger partial charge >= 0.3 is 11.9 Å². The van der Waals surface area contributed by atoms with Gasteiger partial charge in [-0.15, -0.1) is 0 Å². The van der Waals surface area contributed by atoms with Crippen LogP contribution in [0.15, 0.2) is 35.5 Å². The van der Waals surface area contributed by atoms with E-state index in [9.17, 15) is 19.5 Å². The number of carboxylic acids is 1. The van der Waals surface area contributed by atoms with Crippen LogP contribution in [0.1, 0.15) is 66.2 Å². The van der Waals surface area contributed by atoms with Crippen LogP contribution >= 0.6 is 0 Å². The highest BCUT2D eigenvalue weighted by atomic mass is 16.7. The van der Waals surface area contributed by atoms with E-state index >= 15 is 0 Å². The molecule has 1 N–H and O–H groups in total. The van der Waals surface area contributed by atoms with Crippen LogP contribution in [0.3, 0.4) is 0 Å². The standard InChI is InChI=1S/C27H40O7/c1-8-9-10-16(2)13-17(3)25(31)34-23-12-11-20(24(29)30)27(5)15-19(22(28)14-21(23)27)18(4)26(32-6)33-7/h13-14,16,19-20,23,26H,4,8-12,15H2,1-3,5-7H3,(H,29,30)/b17-13-/t16?,19-,20+,23+,27+/m0/s1. The van der Waals surface area contributed by atoms with Crippen LogP contribution in [0.5, 0.6) is 0 Å². The number of ketones is 1. The van der Waals surface area contributed by atoms with E-state index in [2.05, 4.69) is 20.4 Å². The molecule has 190 valence electrons. The molecular weight excluding hydrogens is 436 g/mol. The second-order valence-electron chi connectivity index (χ2n) is 9.89. The Kier molecular flexibility index (Phi) is 9.83. The number of methoxy groups -OCH3 is 2. The Morgan fingerprint density at radius 2 is 1.94 bits per heavy atom. The molecule has 34 heavy (non-hydrogen) atoms. The number of esters is 1. The van der Waals surface area contributed by atoms with E-state index < -0.39 is 41.6 Å². The number of aliphatic carboxylic acids is 1. The quantitative estimate of drug-likeness (QED) is 0.197. The van der Waals surface area contributed by atoms with E-state index in [1.54, 1.807) is 6.92 Å². The maximum Gasteiger partial charge on any atom is 0.333 e. The number of carboxylic acid groups (broad SMARTS) is 1. The summed E-state index contributed by atoms with van der Waals surface area (Å²) >= 11 is 0. The highest BCUT2D eigenvalue weighted by Gasteiger charge is 2.53. The molecular formula is C27H40O7. The normalized spacial score (nSPS) is 28.2. The third kappa shape index (κ3) is 6.05. The molecule has 0 heterocycles. The summed E-state index contributed by atoms with van der Waals surface area (Å²) in [5, 5.41) is 9.96. The van der Waals surface area contributed by atoms with Gasteiger partial charge in [0.2, 0.25) is 0 Å². The molecule has 0 saturated heterocycles. The number of rotatable bonds is 11. The molecule has 0 aromatic rings. The van der Waals surface area contributed by atoms with E-state index in [-0.39, 0.29) is 18.1 Å². The summed E-state index contributed by atoms with van der Waals surface area (Å²) in [7, 11) is 2.93. The van der Waals surface area contributed by atoms with Gasteiger partial charge in [-0.05, 0) is 55.7 Å². The Morgan fingerprint density at radius 1 is 1.29 bits per heavy atom. The number of ether oxygens (including phenoxy) is 3. The molecule has 2 rings (SSSR count). The third-order valence-electron chi connectivity index (χ3n) is 7.36. The van der Waals surface area contributed by atoms with Crippen molar-refractivity contribution in [3.63, 3.8) is 0 Å². The number of carbonyl (C=O) groups is 3. The Labute approximate surface area is 203 Å². The zero-order chi connectivity index (χ0) is 25.6. The summed E-state index contributed by atoms with van der Waals surface area (Å²) < 4.78 is 16.4. The van der Waals surface area contributed by atoms with Crippen LogP contribution in [-0.2, 0) is 28.6 Å². The van der Waals surface area contributed by atoms with Crippen molar-refractivity contribution in [1.82, 2.24) is 0 Å². The van der Waals surface area contributed by atoms with Gasteiger partial charge in [0.05, 0.1) is 5.92 Å². The lowest BCUT2D eigenvalue weighted by Crippen LogP contribution is -2.49. The molecule has 2 aliphatic carbocycles. The van der Waals surface area contributed by atoms with E-state index in [1.165, 1.54) is 20.3 Å². The predicted molar refractivity (Wildman–Crippen MR) is 129 cm³/mol. The van der Waals surface area contributed by atoms with E-state index in [0.29, 0.717) is 29.6 Å². The van der Waals surface area contributed by atoms with Gasteiger partial charge in [0, 0.05) is 31.1 Å². The van der Waals surface area contributed by atoms with Crippen molar-refractivity contribution in [2.75, 3.05) is 14.2 Å². The summed E-state index contributed by atoms with van der Waals surface area (Å²) in [5.74, 6) is -2.64. The molecule has 0 aromatic heterocycles. The summed E-state index contributed by atoms with van der Waals surface area (Å²) in [6, 6.07) is 0. The van der Waals surface area contributed by atoms with Gasteiger partial charge in [0.25, 0.3) is 0 Å². The first kappa shape index (κ1) is 28.0. The molecule has 0 bridgehead atoms. The summed E-state index contributed by atoms with van der Waals surface area (Å²) in [6.07, 6.45) is 6.13. The first-order valence-electron chi connectivity index (χ1n) is 12.1. The van der Waals surface area contributed by atoms with Gasteiger partial charge in [-0.2, -0.15) is 0 Å². The number of hydrogen-bond acceptors (Lipinski definition) is 6. The van der Waals surface area contributed by atoms with Crippen LogP contribution in [0.4, 0.5) is 0 Å². The largest absolute Gasteiger partial charge is 0.481 e. The first-order valence-corrected chi connectivity index (χ1v) is 12.1. The highest BCUT2D eigenvalue weighted by Crippen LogP contribution is 2.53. The Morgan fingerprint density at radius 3 is 2.50 bits per heavy atom. The molecule has 0 aromatic carbocycles. The molecule has 0 aliphatic heterocycles. The van der Waals surface area contributed by atoms with E-state index in [1.807, 2.05) is 13.0 Å². The van der Waals surface area contributed by atoms with Crippen molar-refractivity contribution >= 4 is 17.7 Å². The fourth-order valence-corrected chi connectivity index (χ4v) is 5.38. The number of fused-ring (bicyclic) bond motifs is 1. The molecule has 1 saturated carbocycles. The van der Waals surface area contributed by atoms with Crippen molar-refractivity contribution < 1.29 is 33.7 Å². The Bertz CT molecular complexity index is 851. The summed E-state index contributed by atoms with van der Waals surface area (Å²) in [4.78, 5) is 38.1. The van der Waals surface area contributed by atoms with Crippen molar-refractivity contribution in [3.8, 4) is 0 Å². The highest BCUT2D eigenvalue weighted by molar-refractivity contribution is 5.96. The number of unbranched alkanes of at least 4 members (excludes halogenated alkanes) is 1. The number of allylic oxidation sites excluding steroid dienone is 2. The lowest BCUT2D eigenvalue weighted by atomic mass is 9.56. The topological polar surface area (TPSA) is 99.1 Å². The minimum atomic E-state index is -0.923. The van der Waals surface area contributed by atoms with E-state index in [0.717, 1.165) is 19.3 Å². The Hall–Kier alpha value is -2.25. The lowest BCUT2D eigenvalue weighted by Gasteiger charge is -2.48. The second-order valence-corrected chi connectivity index (χ2v) is 9.89. The van der Waals surface area contributed by atoms with Crippen LogP contribution in [0.2, 0.25) is 0 Å². The SMILES string of the molecule is C=C(C(OC)OC)[C@@H]1C[C@@]2(C)C(=CC1=O)[C@H](OC(=O)/C(C)=C\C(C)CCCC)CC[C@@H]2C(=O)O. The second kappa shape index (κ2) is 11.9. The summed E-state index contributed by atoms with van der Waals surface area (Å²) in [6.45, 7) is 11.8. The number of hydrogen-bond donors (Lipinski definition) is 1. The minimum Gasteiger partial charge on any atom is -0.481 e. The average Bonchev–Trinajstić information content (AvgIpc) is 2.78. The first-order chi connectivity index (χ1) is 16.0. The molecule has 7 heteroatoms. The van der Waals surface area contributed by atoms with E-state index in [4.69, 9.17) is 14.2 Å². The van der Waals surface area contributed by atoms with Gasteiger partial charge in [-0.3, -0.25) is 9.59 Å². The van der Waals surface area contributed by atoms with Crippen molar-refractivity contribution in [2.24, 2.45) is 23.2 Å². The maximum absolute atomic E-state index is 13.1. The zero-order valence-electron chi connectivity index (χ0n) is 21.4. The van der Waals surface area contributed by atoms with Gasteiger partial charge in [-0.1, -0.05) is 46.3 Å². The molecule has 1 fully saturated rings. The van der Waals surface area contributed by atoms with Crippen molar-refractivity contribution in [1.29, 1.82) is 0 Å². The smallest absolute Gasteiger partial charge is 0.333 e. The maximum atomic E-state index is 13.1. The van der Waals surface area contributed by atoms with Crippen LogP contribution in [0.25, 0.3) is 0 Å². The van der Waals surface area contributed by atoms with Gasteiger partial charge < -0.3 is 19.3 Å². The molecule has 7 nitrogen and oxygen atoms in total.